The number of benzene rings is 1. The lowest BCUT2D eigenvalue weighted by atomic mass is 9.84. The van der Waals surface area contributed by atoms with Gasteiger partial charge in [0.1, 0.15) is 22.8 Å². The number of ether oxygens (including phenoxy) is 1. The van der Waals surface area contributed by atoms with Gasteiger partial charge in [-0.1, -0.05) is 85.8 Å². The van der Waals surface area contributed by atoms with Crippen molar-refractivity contribution in [1.29, 1.82) is 0 Å². The van der Waals surface area contributed by atoms with Crippen LogP contribution in [0.2, 0.25) is 0 Å². The van der Waals surface area contributed by atoms with Crippen molar-refractivity contribution in [3.05, 3.63) is 45.9 Å². The Kier molecular flexibility index (Phi) is 23.7. The second-order valence-corrected chi connectivity index (χ2v) is 18.3. The number of carbonyl (C=O) groups excluding carboxylic acids is 4. The molecule has 4 amide bonds. The van der Waals surface area contributed by atoms with Gasteiger partial charge in [0.25, 0.3) is 5.91 Å². The standard InChI is InChI=1S/C46H77N7O7S/c1-10-13-14-17-24-53(44(57)40(31(6)11-2)52-41(55)32(7)18-15-16-23-47)37(30(4)5)26-38(60-12-3)43-51-36(29-61-43)42(56)50-35(27-46(8,9)45(58)59)25-33-19-21-34(22-20-33)49-39(54)28-48/h19-22,29-32,35,37-38,40H,10-18,23-28,47-48H2,1-9H3,(H,49,54)(H,50,56)(H,52,55)(H,58,59)/t31-,32+,35-,37+,38+,40-/m0/s1. The van der Waals surface area contributed by atoms with Crippen LogP contribution in [0.15, 0.2) is 29.6 Å². The first-order chi connectivity index (χ1) is 28.9. The van der Waals surface area contributed by atoms with Crippen LogP contribution in [-0.4, -0.2) is 89.0 Å². The van der Waals surface area contributed by atoms with Gasteiger partial charge < -0.3 is 42.2 Å². The van der Waals surface area contributed by atoms with Gasteiger partial charge in [0.15, 0.2) is 0 Å². The molecule has 6 atom stereocenters. The summed E-state index contributed by atoms with van der Waals surface area (Å²) >= 11 is 1.31. The lowest BCUT2D eigenvalue weighted by Crippen LogP contribution is -2.56. The van der Waals surface area contributed by atoms with Crippen molar-refractivity contribution in [2.24, 2.45) is 34.6 Å². The first-order valence-corrected chi connectivity index (χ1v) is 23.3. The summed E-state index contributed by atoms with van der Waals surface area (Å²) in [5.74, 6) is -2.25. The highest BCUT2D eigenvalue weighted by Crippen LogP contribution is 2.32. The van der Waals surface area contributed by atoms with Gasteiger partial charge in [-0.25, -0.2) is 4.98 Å². The summed E-state index contributed by atoms with van der Waals surface area (Å²) in [5.41, 5.74) is 11.6. The first-order valence-electron chi connectivity index (χ1n) is 22.4. The number of carboxylic acids is 1. The molecular formula is C46H77N7O7S. The molecule has 1 heterocycles. The Hall–Kier alpha value is -3.92. The summed E-state index contributed by atoms with van der Waals surface area (Å²) in [5, 5.41) is 21.2. The van der Waals surface area contributed by atoms with E-state index in [9.17, 15) is 29.1 Å². The number of unbranched alkanes of at least 4 members (excludes halogenated alkanes) is 4. The molecule has 0 bridgehead atoms. The maximum Gasteiger partial charge on any atom is 0.309 e. The van der Waals surface area contributed by atoms with Crippen LogP contribution < -0.4 is 27.4 Å². The summed E-state index contributed by atoms with van der Waals surface area (Å²) in [6.07, 6.45) is 7.46. The number of aliphatic carboxylic acids is 1. The molecule has 0 aliphatic rings. The van der Waals surface area contributed by atoms with Crippen molar-refractivity contribution >= 4 is 46.6 Å². The molecular weight excluding hydrogens is 795 g/mol. The van der Waals surface area contributed by atoms with E-state index in [1.165, 1.54) is 11.3 Å². The van der Waals surface area contributed by atoms with Crippen LogP contribution in [0.4, 0.5) is 5.69 Å². The average molecular weight is 872 g/mol. The summed E-state index contributed by atoms with van der Waals surface area (Å²) in [4.78, 5) is 72.9. The number of hydrogen-bond donors (Lipinski definition) is 6. The normalized spacial score (nSPS) is 14.7. The molecule has 61 heavy (non-hydrogen) atoms. The minimum Gasteiger partial charge on any atom is -0.481 e. The van der Waals surface area contributed by atoms with E-state index in [4.69, 9.17) is 21.2 Å². The van der Waals surface area contributed by atoms with Gasteiger partial charge in [-0.15, -0.1) is 11.3 Å². The molecule has 14 nitrogen and oxygen atoms in total. The molecule has 2 aromatic rings. The Morgan fingerprint density at radius 2 is 1.62 bits per heavy atom. The number of hydrogen-bond acceptors (Lipinski definition) is 10. The minimum absolute atomic E-state index is 0.0358. The minimum atomic E-state index is -1.13. The highest BCUT2D eigenvalue weighted by Gasteiger charge is 2.37. The van der Waals surface area contributed by atoms with Crippen LogP contribution in [-0.2, 0) is 30.3 Å². The van der Waals surface area contributed by atoms with E-state index < -0.39 is 35.5 Å². The van der Waals surface area contributed by atoms with E-state index in [-0.39, 0.29) is 60.2 Å². The molecule has 0 saturated carbocycles. The van der Waals surface area contributed by atoms with E-state index >= 15 is 0 Å². The Morgan fingerprint density at radius 1 is 0.934 bits per heavy atom. The second kappa shape index (κ2) is 27.2. The monoisotopic (exact) mass is 872 g/mol. The molecule has 1 aromatic carbocycles. The fourth-order valence-electron chi connectivity index (χ4n) is 7.35. The first kappa shape index (κ1) is 53.2. The predicted molar refractivity (Wildman–Crippen MR) is 244 cm³/mol. The molecule has 0 fully saturated rings. The number of nitrogens with two attached hydrogens (primary N) is 2. The van der Waals surface area contributed by atoms with Crippen LogP contribution in [0.3, 0.4) is 0 Å². The van der Waals surface area contributed by atoms with Crippen LogP contribution in [0, 0.1) is 23.2 Å². The van der Waals surface area contributed by atoms with Crippen molar-refractivity contribution in [2.75, 3.05) is 31.6 Å². The molecule has 0 aliphatic heterocycles. The molecule has 344 valence electrons. The highest BCUT2D eigenvalue weighted by molar-refractivity contribution is 7.09. The highest BCUT2D eigenvalue weighted by atomic mass is 32.1. The quantitative estimate of drug-likeness (QED) is 0.0438. The van der Waals surface area contributed by atoms with Gasteiger partial charge in [-0.2, -0.15) is 0 Å². The Bertz CT molecular complexity index is 1650. The maximum atomic E-state index is 14.8. The summed E-state index contributed by atoms with van der Waals surface area (Å²) in [7, 11) is 0. The van der Waals surface area contributed by atoms with Crippen LogP contribution in [0.5, 0.6) is 0 Å². The van der Waals surface area contributed by atoms with Crippen molar-refractivity contribution in [1.82, 2.24) is 20.5 Å². The van der Waals surface area contributed by atoms with Gasteiger partial charge in [-0.3, -0.25) is 24.0 Å². The average Bonchev–Trinajstić information content (AvgIpc) is 3.72. The molecule has 0 aliphatic carbocycles. The topological polar surface area (TPSA) is 219 Å². The molecule has 1 aromatic heterocycles. The van der Waals surface area contributed by atoms with Crippen molar-refractivity contribution in [3.8, 4) is 0 Å². The third-order valence-corrected chi connectivity index (χ3v) is 12.4. The number of anilines is 1. The number of amides is 4. The van der Waals surface area contributed by atoms with E-state index in [1.54, 1.807) is 31.4 Å². The van der Waals surface area contributed by atoms with Gasteiger partial charge in [-0.05, 0) is 89.0 Å². The molecule has 0 radical (unpaired) electrons. The fourth-order valence-corrected chi connectivity index (χ4v) is 8.21. The number of thiazole rings is 1. The van der Waals surface area contributed by atoms with E-state index in [1.807, 2.05) is 44.7 Å². The van der Waals surface area contributed by atoms with Gasteiger partial charge >= 0.3 is 5.97 Å². The smallest absolute Gasteiger partial charge is 0.309 e. The molecule has 8 N–H and O–H groups in total. The number of aromatic nitrogens is 1. The van der Waals surface area contributed by atoms with Crippen LogP contribution >= 0.6 is 11.3 Å². The lowest BCUT2D eigenvalue weighted by molar-refractivity contribution is -0.147. The van der Waals surface area contributed by atoms with Crippen molar-refractivity contribution < 1.29 is 33.8 Å². The van der Waals surface area contributed by atoms with Crippen molar-refractivity contribution in [2.45, 2.75) is 157 Å². The second-order valence-electron chi connectivity index (χ2n) is 17.4. The zero-order valence-electron chi connectivity index (χ0n) is 38.4. The summed E-state index contributed by atoms with van der Waals surface area (Å²) in [6.45, 7) is 18.8. The van der Waals surface area contributed by atoms with E-state index in [0.29, 0.717) is 49.7 Å². The third kappa shape index (κ3) is 17.8. The largest absolute Gasteiger partial charge is 0.481 e. The number of nitrogens with zero attached hydrogens (tertiary/aromatic N) is 2. The summed E-state index contributed by atoms with van der Waals surface area (Å²) in [6, 6.07) is 5.62. The number of carbonyl (C=O) groups is 5. The predicted octanol–water partition coefficient (Wildman–Crippen LogP) is 7.08. The van der Waals surface area contributed by atoms with E-state index in [2.05, 4.69) is 36.7 Å². The van der Waals surface area contributed by atoms with Gasteiger partial charge in [0.05, 0.1) is 12.0 Å². The Balaban J connectivity index is 2.43. The number of nitrogens with one attached hydrogen (secondary N) is 3. The van der Waals surface area contributed by atoms with E-state index in [0.717, 1.165) is 50.5 Å². The number of rotatable bonds is 30. The SMILES string of the molecule is CCCCCCN(C(=O)[C@@H](NC(=O)[C@H](C)CCCCN)[C@@H](C)CC)[C@H](C[C@@H](OCC)c1nc(C(=O)N[C@@H](Cc2ccc(NC(=O)CN)cc2)CC(C)(C)C(=O)O)cs1)C(C)C. The van der Waals surface area contributed by atoms with Gasteiger partial charge in [0, 0.05) is 48.6 Å². The fraction of sp³-hybridized carbons (Fsp3) is 0.696. The Morgan fingerprint density at radius 3 is 2.20 bits per heavy atom. The Labute approximate surface area is 369 Å². The summed E-state index contributed by atoms with van der Waals surface area (Å²) < 4.78 is 6.34. The lowest BCUT2D eigenvalue weighted by Gasteiger charge is -2.39. The van der Waals surface area contributed by atoms with Crippen molar-refractivity contribution in [3.63, 3.8) is 0 Å². The third-order valence-electron chi connectivity index (χ3n) is 11.5. The zero-order chi connectivity index (χ0) is 45.7. The molecule has 2 rings (SSSR count). The van der Waals surface area contributed by atoms with Gasteiger partial charge in [0.2, 0.25) is 17.7 Å². The van der Waals surface area contributed by atoms with Crippen LogP contribution in [0.1, 0.15) is 154 Å². The molecule has 0 spiro atoms. The zero-order valence-corrected chi connectivity index (χ0v) is 39.2. The molecule has 0 unspecified atom stereocenters. The van der Waals surface area contributed by atoms with Crippen LogP contribution in [0.25, 0.3) is 0 Å². The molecule has 15 heteroatoms. The maximum absolute atomic E-state index is 14.8. The molecule has 0 saturated heterocycles. The number of carboxylic acid groups (broad SMARTS) is 1.